The van der Waals surface area contributed by atoms with Crippen LogP contribution < -0.4 is 14.5 Å². The van der Waals surface area contributed by atoms with Crippen molar-refractivity contribution >= 4 is 81.4 Å². The van der Waals surface area contributed by atoms with Crippen molar-refractivity contribution in [2.24, 2.45) is 0 Å². The van der Waals surface area contributed by atoms with E-state index in [0.717, 1.165) is 30.0 Å². The largest absolute Gasteiger partial charge is 0.478 e. The minimum Gasteiger partial charge on any atom is -0.478 e. The zero-order valence-electron chi connectivity index (χ0n) is 22.7. The van der Waals surface area contributed by atoms with Gasteiger partial charge in [-0.15, -0.1) is 37.2 Å². The minimum atomic E-state index is -3.87. The molecule has 0 spiro atoms. The van der Waals surface area contributed by atoms with Crippen molar-refractivity contribution in [3.05, 3.63) is 83.0 Å². The summed E-state index contributed by atoms with van der Waals surface area (Å²) in [5.41, 5.74) is 3.36. The number of piperazine rings is 1. The Labute approximate surface area is 258 Å². The maximum absolute atomic E-state index is 13.2. The van der Waals surface area contributed by atoms with E-state index >= 15 is 0 Å². The Kier molecular flexibility index (Phi) is 11.2. The van der Waals surface area contributed by atoms with E-state index in [2.05, 4.69) is 19.5 Å². The number of rotatable bonds is 6. The Bertz CT molecular complexity index is 1650. The number of hydrogen-bond acceptors (Lipinski definition) is 7. The maximum atomic E-state index is 13.2. The molecule has 1 saturated heterocycles. The van der Waals surface area contributed by atoms with Crippen molar-refractivity contribution in [2.45, 2.75) is 25.7 Å². The highest BCUT2D eigenvalue weighted by molar-refractivity contribution is 7.92. The molecule has 0 aliphatic carbocycles. The molecule has 9 nitrogen and oxygen atoms in total. The monoisotopic (exact) mass is 639 g/mol. The van der Waals surface area contributed by atoms with E-state index < -0.39 is 16.0 Å². The van der Waals surface area contributed by atoms with Crippen LogP contribution in [-0.2, 0) is 10.0 Å². The fourth-order valence-corrected chi connectivity index (χ4v) is 6.12. The van der Waals surface area contributed by atoms with Gasteiger partial charge in [-0.05, 0) is 79.9 Å². The Balaban J connectivity index is 0.00000196. The van der Waals surface area contributed by atoms with Gasteiger partial charge >= 0.3 is 5.97 Å². The fourth-order valence-electron chi connectivity index (χ4n) is 4.75. The van der Waals surface area contributed by atoms with Gasteiger partial charge in [0.25, 0.3) is 10.0 Å². The number of carboxylic acid groups (broad SMARTS) is 1. The Hall–Kier alpha value is -3.31. The second-order valence-electron chi connectivity index (χ2n) is 9.53. The predicted octanol–water partition coefficient (Wildman–Crippen LogP) is 5.65. The molecule has 1 aliphatic heterocycles. The van der Waals surface area contributed by atoms with Gasteiger partial charge in [0.1, 0.15) is 11.6 Å². The van der Waals surface area contributed by atoms with Gasteiger partial charge in [-0.25, -0.2) is 23.2 Å². The Morgan fingerprint density at radius 1 is 0.829 bits per heavy atom. The summed E-state index contributed by atoms with van der Waals surface area (Å²) in [7, 11) is -3.87. The van der Waals surface area contributed by atoms with E-state index in [9.17, 15) is 18.3 Å². The molecule has 41 heavy (non-hydrogen) atoms. The smallest absolute Gasteiger partial charge is 0.336 e. The van der Waals surface area contributed by atoms with E-state index in [1.807, 2.05) is 38.1 Å². The summed E-state index contributed by atoms with van der Waals surface area (Å²) in [6.45, 7) is 8.36. The fraction of sp³-hybridized carbons (Fsp3) is 0.250. The molecule has 1 aliphatic rings. The molecule has 220 valence electrons. The highest BCUT2D eigenvalue weighted by atomic mass is 35.5. The molecule has 13 heteroatoms. The maximum Gasteiger partial charge on any atom is 0.336 e. The van der Waals surface area contributed by atoms with Crippen molar-refractivity contribution in [3.63, 3.8) is 0 Å². The van der Waals surface area contributed by atoms with E-state index in [1.165, 1.54) is 6.07 Å². The van der Waals surface area contributed by atoms with Gasteiger partial charge in [0, 0.05) is 43.4 Å². The van der Waals surface area contributed by atoms with Crippen molar-refractivity contribution in [2.75, 3.05) is 40.7 Å². The topological polar surface area (TPSA) is 116 Å². The first-order valence-electron chi connectivity index (χ1n) is 12.3. The molecule has 0 unspecified atom stereocenters. The third-order valence-electron chi connectivity index (χ3n) is 6.94. The number of nitrogens with zero attached hydrogens (tertiary/aromatic N) is 4. The van der Waals surface area contributed by atoms with Gasteiger partial charge < -0.3 is 14.9 Å². The van der Waals surface area contributed by atoms with E-state index in [-0.39, 0.29) is 53.4 Å². The molecule has 0 atom stereocenters. The van der Waals surface area contributed by atoms with Crippen LogP contribution in [0.3, 0.4) is 0 Å². The summed E-state index contributed by atoms with van der Waals surface area (Å²) in [5.74, 6) is 0.390. The molecule has 0 bridgehead atoms. The number of pyridine rings is 2. The normalized spacial score (nSPS) is 13.0. The van der Waals surface area contributed by atoms with E-state index in [4.69, 9.17) is 4.98 Å². The number of sulfonamides is 1. The predicted molar refractivity (Wildman–Crippen MR) is 171 cm³/mol. The van der Waals surface area contributed by atoms with Gasteiger partial charge in [0.05, 0.1) is 16.0 Å². The van der Waals surface area contributed by atoms with Gasteiger partial charge in [-0.3, -0.25) is 4.72 Å². The minimum absolute atomic E-state index is 0. The van der Waals surface area contributed by atoms with Crippen LogP contribution >= 0.6 is 37.2 Å². The van der Waals surface area contributed by atoms with Crippen molar-refractivity contribution in [3.8, 4) is 0 Å². The van der Waals surface area contributed by atoms with Crippen LogP contribution in [0.5, 0.6) is 0 Å². The second kappa shape index (κ2) is 13.6. The molecule has 5 rings (SSSR count). The number of fused-ring (bicyclic) bond motifs is 1. The summed E-state index contributed by atoms with van der Waals surface area (Å²) >= 11 is 0. The van der Waals surface area contributed by atoms with Crippen LogP contribution in [0.4, 0.5) is 17.3 Å². The number of hydrogen-bond donors (Lipinski definition) is 2. The third kappa shape index (κ3) is 7.13. The van der Waals surface area contributed by atoms with Crippen molar-refractivity contribution in [1.29, 1.82) is 0 Å². The summed E-state index contributed by atoms with van der Waals surface area (Å²) in [4.78, 5) is 25.8. The van der Waals surface area contributed by atoms with Crippen LogP contribution in [-0.4, -0.2) is 55.6 Å². The number of aryl methyl sites for hydroxylation is 3. The van der Waals surface area contributed by atoms with Crippen LogP contribution in [0, 0.1) is 20.8 Å². The first-order valence-corrected chi connectivity index (χ1v) is 13.8. The molecule has 2 aromatic heterocycles. The quantitative estimate of drug-likeness (QED) is 0.278. The number of aromatic carboxylic acids is 1. The molecule has 2 aromatic carbocycles. The van der Waals surface area contributed by atoms with Gasteiger partial charge in [0.15, 0.2) is 0 Å². The lowest BCUT2D eigenvalue weighted by Crippen LogP contribution is -2.47. The van der Waals surface area contributed by atoms with Gasteiger partial charge in [-0.1, -0.05) is 12.1 Å². The first kappa shape index (κ1) is 33.9. The zero-order valence-corrected chi connectivity index (χ0v) is 26.0. The summed E-state index contributed by atoms with van der Waals surface area (Å²) < 4.78 is 29.0. The summed E-state index contributed by atoms with van der Waals surface area (Å²) in [6, 6.07) is 15.7. The Morgan fingerprint density at radius 3 is 2.07 bits per heavy atom. The standard InChI is InChI=1S/C28H29N5O4S.3ClH/c1-18-14-20(3)25(15-19(18)2)38(36,37)31-21-7-8-24-22(16-21)23(28(34)35)17-27(30-24)33-12-10-32(11-13-33)26-6-4-5-9-29-26;;;/h4-9,14-17,31H,10-13H2,1-3H3,(H,34,35);3*1H. The van der Waals surface area contributed by atoms with Crippen molar-refractivity contribution in [1.82, 2.24) is 9.97 Å². The number of benzene rings is 2. The first-order chi connectivity index (χ1) is 18.1. The van der Waals surface area contributed by atoms with Crippen LogP contribution in [0.15, 0.2) is 65.7 Å². The summed E-state index contributed by atoms with van der Waals surface area (Å²) in [5, 5.41) is 10.4. The van der Waals surface area contributed by atoms with Gasteiger partial charge in [0.2, 0.25) is 0 Å². The lowest BCUT2D eigenvalue weighted by atomic mass is 10.1. The molecular weight excluding hydrogens is 609 g/mol. The average molecular weight is 641 g/mol. The zero-order chi connectivity index (χ0) is 27.0. The van der Waals surface area contributed by atoms with Crippen LogP contribution in [0.25, 0.3) is 10.9 Å². The van der Waals surface area contributed by atoms with Gasteiger partial charge in [-0.2, -0.15) is 0 Å². The lowest BCUT2D eigenvalue weighted by molar-refractivity contribution is 0.0699. The number of anilines is 3. The number of aromatic nitrogens is 2. The van der Waals surface area contributed by atoms with E-state index in [0.29, 0.717) is 35.4 Å². The number of carbonyl (C=O) groups is 1. The Morgan fingerprint density at radius 2 is 1.46 bits per heavy atom. The molecule has 0 saturated carbocycles. The number of halogens is 3. The summed E-state index contributed by atoms with van der Waals surface area (Å²) in [6.07, 6.45) is 1.77. The molecule has 1 fully saturated rings. The highest BCUT2D eigenvalue weighted by Crippen LogP contribution is 2.29. The lowest BCUT2D eigenvalue weighted by Gasteiger charge is -2.36. The van der Waals surface area contributed by atoms with Crippen LogP contribution in [0.1, 0.15) is 27.0 Å². The molecule has 3 heterocycles. The molecular formula is C28H32Cl3N5O4S. The van der Waals surface area contributed by atoms with Crippen LogP contribution in [0.2, 0.25) is 0 Å². The SMILES string of the molecule is Cc1cc(C)c(S(=O)(=O)Nc2ccc3nc(N4CCN(c5ccccn5)CC4)cc(C(=O)O)c3c2)cc1C.Cl.Cl.Cl. The molecule has 2 N–H and O–H groups in total. The average Bonchev–Trinajstić information content (AvgIpc) is 2.90. The van der Waals surface area contributed by atoms with E-state index in [1.54, 1.807) is 37.4 Å². The molecule has 0 amide bonds. The second-order valence-corrected chi connectivity index (χ2v) is 11.2. The third-order valence-corrected chi connectivity index (χ3v) is 8.46. The van der Waals surface area contributed by atoms with Crippen molar-refractivity contribution < 1.29 is 18.3 Å². The highest BCUT2D eigenvalue weighted by Gasteiger charge is 2.23. The number of carboxylic acids is 1. The molecule has 4 aromatic rings. The molecule has 0 radical (unpaired) electrons. The number of nitrogens with one attached hydrogen (secondary N) is 1.